The van der Waals surface area contributed by atoms with Gasteiger partial charge in [-0.1, -0.05) is 38.9 Å². The van der Waals surface area contributed by atoms with Crippen LogP contribution >= 0.6 is 0 Å². The molecule has 0 aromatic rings. The van der Waals surface area contributed by atoms with Gasteiger partial charge < -0.3 is 8.23 Å². The van der Waals surface area contributed by atoms with Crippen LogP contribution in [0, 0.1) is 0 Å². The van der Waals surface area contributed by atoms with Crippen LogP contribution in [0.1, 0.15) is 19.8 Å². The van der Waals surface area contributed by atoms with Crippen LogP contribution in [-0.2, 0) is 17.4 Å². The van der Waals surface area contributed by atoms with Gasteiger partial charge in [-0.15, -0.1) is 0 Å². The lowest BCUT2D eigenvalue weighted by molar-refractivity contribution is -0.132. The van der Waals surface area contributed by atoms with Crippen LogP contribution in [-0.4, -0.2) is 44.0 Å². The van der Waals surface area contributed by atoms with Crippen LogP contribution in [0.3, 0.4) is 0 Å². The first-order valence-electron chi connectivity index (χ1n) is 9.03. The molecule has 0 amide bonds. The van der Waals surface area contributed by atoms with Crippen molar-refractivity contribution in [2.45, 2.75) is 91.3 Å². The minimum Gasteiger partial charge on any atom is -0.440 e. The average molecular weight is 415 g/mol. The molecule has 0 fully saturated rings. The van der Waals surface area contributed by atoms with Crippen LogP contribution in [0.25, 0.3) is 0 Å². The third-order valence-electron chi connectivity index (χ3n) is 2.59. The zero-order chi connectivity index (χ0) is 18.7. The molecule has 0 saturated carbocycles. The van der Waals surface area contributed by atoms with E-state index in [1.165, 1.54) is 18.9 Å². The van der Waals surface area contributed by atoms with E-state index in [0.29, 0.717) is 0 Å². The van der Waals surface area contributed by atoms with Crippen molar-refractivity contribution in [2.75, 3.05) is 0 Å². The Hall–Kier alpha value is 0.924. The minimum absolute atomic E-state index is 0.188. The van der Waals surface area contributed by atoms with Crippen LogP contribution in [0.4, 0.5) is 0 Å². The van der Waals surface area contributed by atoms with Gasteiger partial charge in [0.2, 0.25) is 9.04 Å². The van der Waals surface area contributed by atoms with Gasteiger partial charge in [-0.2, -0.15) is 0 Å². The standard InChI is InChI=1S/C8H26O4Si4.C6H16Si/c1-13(2)9-10-15(5,6)12-16(7,8)11-14(3)4;1-4-5-6-7(2)3/h13-14H,1-8H3;7H,4-6H2,1-3H3. The third kappa shape index (κ3) is 20.9. The number of unbranched alkanes of at least 4 members (excludes halogenated alkanes) is 1. The number of hydrogen-bond acceptors (Lipinski definition) is 4. The molecule has 0 rings (SSSR count). The van der Waals surface area contributed by atoms with Crippen molar-refractivity contribution in [3.05, 3.63) is 0 Å². The molecule has 0 aliphatic rings. The Morgan fingerprint density at radius 3 is 1.61 bits per heavy atom. The van der Waals surface area contributed by atoms with Crippen LogP contribution < -0.4 is 0 Å². The summed E-state index contributed by atoms with van der Waals surface area (Å²) in [6.07, 6.45) is 2.84. The predicted molar refractivity (Wildman–Crippen MR) is 116 cm³/mol. The van der Waals surface area contributed by atoms with Gasteiger partial charge in [-0.3, -0.25) is 9.15 Å². The summed E-state index contributed by atoms with van der Waals surface area (Å²) < 4.78 is 22.8. The highest BCUT2D eigenvalue weighted by Gasteiger charge is 2.38. The Labute approximate surface area is 152 Å². The van der Waals surface area contributed by atoms with Gasteiger partial charge in [-0.05, 0) is 52.4 Å². The van der Waals surface area contributed by atoms with Crippen molar-refractivity contribution in [3.8, 4) is 0 Å². The van der Waals surface area contributed by atoms with Gasteiger partial charge in [0.1, 0.15) is 0 Å². The molecule has 0 N–H and O–H groups in total. The summed E-state index contributed by atoms with van der Waals surface area (Å²) in [6.45, 7) is 23.7. The van der Waals surface area contributed by atoms with Gasteiger partial charge in [0.25, 0.3) is 0 Å². The van der Waals surface area contributed by atoms with Crippen molar-refractivity contribution in [3.63, 3.8) is 0 Å². The molecule has 23 heavy (non-hydrogen) atoms. The molecule has 0 spiro atoms. The molecule has 0 aromatic carbocycles. The Balaban J connectivity index is 0. The van der Waals surface area contributed by atoms with E-state index < -0.39 is 35.2 Å². The van der Waals surface area contributed by atoms with E-state index in [1.807, 2.05) is 13.1 Å². The topological polar surface area (TPSA) is 36.9 Å². The summed E-state index contributed by atoms with van der Waals surface area (Å²) in [5.41, 5.74) is 0. The van der Waals surface area contributed by atoms with E-state index in [9.17, 15) is 0 Å². The fourth-order valence-electron chi connectivity index (χ4n) is 2.03. The largest absolute Gasteiger partial charge is 0.440 e. The molecule has 0 aliphatic heterocycles. The van der Waals surface area contributed by atoms with Gasteiger partial charge >= 0.3 is 17.1 Å². The second kappa shape index (κ2) is 13.2. The van der Waals surface area contributed by atoms with Gasteiger partial charge in [0.15, 0.2) is 9.04 Å². The summed E-state index contributed by atoms with van der Waals surface area (Å²) >= 11 is 0. The maximum Gasteiger partial charge on any atom is 0.358 e. The predicted octanol–water partition coefficient (Wildman–Crippen LogP) is 4.61. The van der Waals surface area contributed by atoms with E-state index in [-0.39, 0.29) is 8.80 Å². The molecule has 0 bridgehead atoms. The summed E-state index contributed by atoms with van der Waals surface area (Å²) in [4.78, 5) is 0. The van der Waals surface area contributed by atoms with E-state index in [0.717, 1.165) is 0 Å². The van der Waals surface area contributed by atoms with Crippen molar-refractivity contribution >= 4 is 44.0 Å². The summed E-state index contributed by atoms with van der Waals surface area (Å²) in [6, 6.07) is 1.54. The summed E-state index contributed by atoms with van der Waals surface area (Å²) in [7, 11) is -6.63. The summed E-state index contributed by atoms with van der Waals surface area (Å²) in [5, 5.41) is 0. The molecule has 0 unspecified atom stereocenters. The summed E-state index contributed by atoms with van der Waals surface area (Å²) in [5.74, 6) is 0. The molecule has 4 nitrogen and oxygen atoms in total. The van der Waals surface area contributed by atoms with Crippen molar-refractivity contribution in [1.82, 2.24) is 0 Å². The molecule has 0 saturated heterocycles. The zero-order valence-electron chi connectivity index (χ0n) is 17.5. The monoisotopic (exact) mass is 414 g/mol. The van der Waals surface area contributed by atoms with Crippen molar-refractivity contribution in [1.29, 1.82) is 0 Å². The van der Waals surface area contributed by atoms with Gasteiger partial charge in [-0.25, -0.2) is 0 Å². The maximum atomic E-state index is 6.05. The second-order valence-electron chi connectivity index (χ2n) is 7.83. The van der Waals surface area contributed by atoms with Gasteiger partial charge in [0.05, 0.1) is 0 Å². The van der Waals surface area contributed by atoms with E-state index in [2.05, 4.69) is 59.3 Å². The molecule has 142 valence electrons. The molecule has 0 aliphatic carbocycles. The molecule has 0 radical (unpaired) electrons. The van der Waals surface area contributed by atoms with E-state index in [4.69, 9.17) is 17.4 Å². The quantitative estimate of drug-likeness (QED) is 0.297. The van der Waals surface area contributed by atoms with E-state index in [1.54, 1.807) is 0 Å². The van der Waals surface area contributed by atoms with Crippen LogP contribution in [0.2, 0.25) is 71.5 Å². The first-order chi connectivity index (χ1) is 10.3. The Kier molecular flexibility index (Phi) is 15.0. The zero-order valence-corrected chi connectivity index (χ0v) is 23.0. The van der Waals surface area contributed by atoms with Crippen LogP contribution in [0.5, 0.6) is 0 Å². The normalized spacial score (nSPS) is 12.8. The number of hydrogen-bond donors (Lipinski definition) is 0. The average Bonchev–Trinajstić information content (AvgIpc) is 2.31. The molecule has 9 heteroatoms. The maximum absolute atomic E-state index is 6.05. The highest BCUT2D eigenvalue weighted by atomic mass is 28.5. The fourth-order valence-corrected chi connectivity index (χ4v) is 15.0. The second-order valence-corrected chi connectivity index (χ2v) is 23.1. The Morgan fingerprint density at radius 1 is 0.783 bits per heavy atom. The lowest BCUT2D eigenvalue weighted by Crippen LogP contribution is -2.50. The molecule has 0 aromatic heterocycles. The first-order valence-corrected chi connectivity index (χ1v) is 23.4. The number of rotatable bonds is 10. The SMILES string of the molecule is CCCC[SiH](C)C.C[SiH](C)OO[Si](C)(C)O[Si](C)(C)O[SiH](C)C. The van der Waals surface area contributed by atoms with Crippen molar-refractivity contribution in [2.24, 2.45) is 0 Å². The molecule has 0 atom stereocenters. The molecular formula is C14H42O4Si5. The lowest BCUT2D eigenvalue weighted by atomic mass is 10.4. The smallest absolute Gasteiger partial charge is 0.358 e. The molecular weight excluding hydrogens is 373 g/mol. The van der Waals surface area contributed by atoms with E-state index >= 15 is 0 Å². The minimum atomic E-state index is -2.20. The Morgan fingerprint density at radius 2 is 1.30 bits per heavy atom. The highest BCUT2D eigenvalue weighted by molar-refractivity contribution is 6.82. The Bertz CT molecular complexity index is 286. The highest BCUT2D eigenvalue weighted by Crippen LogP contribution is 2.18. The first kappa shape index (κ1) is 26.2. The van der Waals surface area contributed by atoms with Crippen molar-refractivity contribution < 1.29 is 17.4 Å². The fraction of sp³-hybridized carbons (Fsp3) is 1.00. The van der Waals surface area contributed by atoms with Gasteiger partial charge in [0, 0.05) is 8.80 Å². The molecule has 0 heterocycles. The van der Waals surface area contributed by atoms with Crippen LogP contribution in [0.15, 0.2) is 0 Å². The lowest BCUT2D eigenvalue weighted by Gasteiger charge is -2.33. The third-order valence-corrected chi connectivity index (χ3v) is 13.4.